The number of aliphatic imine (C=N–C) groups is 2. The zero-order chi connectivity index (χ0) is 33.9. The van der Waals surface area contributed by atoms with Gasteiger partial charge in [-0.25, -0.2) is 4.99 Å². The summed E-state index contributed by atoms with van der Waals surface area (Å²) in [6, 6.07) is 57.0. The molecule has 1 aliphatic carbocycles. The van der Waals surface area contributed by atoms with Gasteiger partial charge in [0.05, 0.1) is 6.54 Å². The van der Waals surface area contributed by atoms with Crippen LogP contribution in [0.3, 0.4) is 0 Å². The van der Waals surface area contributed by atoms with Crippen LogP contribution in [-0.4, -0.2) is 11.7 Å². The third-order valence-corrected chi connectivity index (χ3v) is 10.1. The molecule has 240 valence electrons. The molecule has 51 heavy (non-hydrogen) atoms. The Morgan fingerprint density at radius 1 is 0.510 bits per heavy atom. The van der Waals surface area contributed by atoms with Crippen molar-refractivity contribution in [3.05, 3.63) is 180 Å². The Hall–Kier alpha value is -6.78. The van der Waals surface area contributed by atoms with Crippen LogP contribution in [0.1, 0.15) is 16.7 Å². The molecule has 0 saturated carbocycles. The van der Waals surface area contributed by atoms with Gasteiger partial charge in [-0.1, -0.05) is 140 Å². The predicted molar refractivity (Wildman–Crippen MR) is 212 cm³/mol. The highest BCUT2D eigenvalue weighted by Gasteiger charge is 2.24. The quantitative estimate of drug-likeness (QED) is 0.148. The van der Waals surface area contributed by atoms with Crippen molar-refractivity contribution in [1.82, 2.24) is 0 Å². The molecule has 0 saturated heterocycles. The molecule has 0 bridgehead atoms. The van der Waals surface area contributed by atoms with Crippen molar-refractivity contribution in [2.24, 2.45) is 15.7 Å². The van der Waals surface area contributed by atoms with Crippen LogP contribution >= 0.6 is 0 Å². The number of hydrogen-bond donors (Lipinski definition) is 1. The zero-order valence-corrected chi connectivity index (χ0v) is 27.7. The maximum Gasteiger partial charge on any atom is 0.157 e. The van der Waals surface area contributed by atoms with E-state index in [1.54, 1.807) is 0 Å². The van der Waals surface area contributed by atoms with Crippen molar-refractivity contribution in [1.29, 1.82) is 0 Å². The number of para-hydroxylation sites is 1. The van der Waals surface area contributed by atoms with Crippen LogP contribution in [0.15, 0.2) is 178 Å². The maximum atomic E-state index is 7.03. The number of furan rings is 1. The van der Waals surface area contributed by atoms with Gasteiger partial charge in [0.15, 0.2) is 5.84 Å². The van der Waals surface area contributed by atoms with E-state index < -0.39 is 0 Å². The van der Waals surface area contributed by atoms with Gasteiger partial charge in [-0.15, -0.1) is 0 Å². The van der Waals surface area contributed by atoms with Gasteiger partial charge < -0.3 is 10.2 Å². The van der Waals surface area contributed by atoms with E-state index in [2.05, 4.69) is 121 Å². The van der Waals surface area contributed by atoms with Crippen molar-refractivity contribution >= 4 is 55.2 Å². The van der Waals surface area contributed by atoms with Crippen molar-refractivity contribution in [3.63, 3.8) is 0 Å². The van der Waals surface area contributed by atoms with Gasteiger partial charge in [-0.2, -0.15) is 0 Å². The first kappa shape index (κ1) is 29.2. The first-order chi connectivity index (χ1) is 25.2. The summed E-state index contributed by atoms with van der Waals surface area (Å²) in [6.07, 6.45) is 0. The molecule has 8 aromatic carbocycles. The smallest absolute Gasteiger partial charge is 0.157 e. The van der Waals surface area contributed by atoms with Crippen LogP contribution in [-0.2, 0) is 6.54 Å². The van der Waals surface area contributed by atoms with Crippen LogP contribution < -0.4 is 5.73 Å². The molecule has 2 N–H and O–H groups in total. The molecule has 1 aliphatic rings. The molecule has 0 spiro atoms. The van der Waals surface area contributed by atoms with Gasteiger partial charge in [0.2, 0.25) is 0 Å². The minimum atomic E-state index is 0.383. The number of amidine groups is 2. The average molecular weight is 654 g/mol. The van der Waals surface area contributed by atoms with E-state index in [-0.39, 0.29) is 0 Å². The van der Waals surface area contributed by atoms with Gasteiger partial charge in [0.1, 0.15) is 17.0 Å². The monoisotopic (exact) mass is 653 g/mol. The summed E-state index contributed by atoms with van der Waals surface area (Å²) in [4.78, 5) is 10.1. The molecule has 0 unspecified atom stereocenters. The van der Waals surface area contributed by atoms with Gasteiger partial charge >= 0.3 is 0 Å². The third-order valence-electron chi connectivity index (χ3n) is 10.1. The fourth-order valence-electron chi connectivity index (χ4n) is 7.74. The number of nitrogens with two attached hydrogens (primary N) is 1. The average Bonchev–Trinajstić information content (AvgIpc) is 3.74. The minimum Gasteiger partial charge on any atom is -0.455 e. The lowest BCUT2D eigenvalue weighted by Crippen LogP contribution is -2.17. The van der Waals surface area contributed by atoms with E-state index in [0.717, 1.165) is 60.5 Å². The number of hydrogen-bond acceptors (Lipinski definition) is 2. The summed E-state index contributed by atoms with van der Waals surface area (Å²) in [5, 5.41) is 6.70. The summed E-state index contributed by atoms with van der Waals surface area (Å²) in [6.45, 7) is 0.484. The Morgan fingerprint density at radius 2 is 1.18 bits per heavy atom. The Kier molecular flexibility index (Phi) is 6.68. The van der Waals surface area contributed by atoms with Gasteiger partial charge in [0, 0.05) is 27.5 Å². The molecule has 4 nitrogen and oxygen atoms in total. The Morgan fingerprint density at radius 3 is 2.04 bits per heavy atom. The van der Waals surface area contributed by atoms with Crippen molar-refractivity contribution in [2.75, 3.05) is 0 Å². The highest BCUT2D eigenvalue weighted by molar-refractivity contribution is 6.25. The Bertz CT molecular complexity index is 2870. The highest BCUT2D eigenvalue weighted by Crippen LogP contribution is 2.50. The SMILES string of the molecule is N/C(=N\C(=N/Cc1ccccc1)c1ccc2ccccc2c1)c1ccc(-c2ccc3c4c(cccc24)-c2ccccc2-3)c2oc3ccccc3c12. The normalized spacial score (nSPS) is 12.7. The lowest BCUT2D eigenvalue weighted by molar-refractivity contribution is 0.670. The molecule has 0 amide bonds. The highest BCUT2D eigenvalue weighted by atomic mass is 16.3. The van der Waals surface area contributed by atoms with Crippen molar-refractivity contribution < 1.29 is 4.42 Å². The fourth-order valence-corrected chi connectivity index (χ4v) is 7.74. The summed E-state index contributed by atoms with van der Waals surface area (Å²) < 4.78 is 6.72. The number of fused-ring (bicyclic) bond motifs is 7. The Balaban J connectivity index is 1.16. The molecular weight excluding hydrogens is 623 g/mol. The van der Waals surface area contributed by atoms with Crippen LogP contribution in [0, 0.1) is 0 Å². The van der Waals surface area contributed by atoms with E-state index in [1.807, 2.05) is 42.5 Å². The number of nitrogens with zero attached hydrogens (tertiary/aromatic N) is 2. The lowest BCUT2D eigenvalue weighted by Gasteiger charge is -2.12. The van der Waals surface area contributed by atoms with Crippen molar-refractivity contribution in [2.45, 2.75) is 6.54 Å². The maximum absolute atomic E-state index is 7.03. The first-order valence-corrected chi connectivity index (χ1v) is 17.2. The molecule has 0 radical (unpaired) electrons. The third kappa shape index (κ3) is 4.76. The molecule has 9 aromatic rings. The van der Waals surface area contributed by atoms with Crippen LogP contribution in [0.4, 0.5) is 0 Å². The first-order valence-electron chi connectivity index (χ1n) is 17.2. The van der Waals surface area contributed by atoms with E-state index >= 15 is 0 Å². The molecule has 1 aromatic heterocycles. The molecule has 0 aliphatic heterocycles. The van der Waals surface area contributed by atoms with E-state index in [1.165, 1.54) is 33.0 Å². The summed E-state index contributed by atoms with van der Waals surface area (Å²) in [5.41, 5.74) is 18.7. The molecule has 0 fully saturated rings. The van der Waals surface area contributed by atoms with E-state index in [9.17, 15) is 0 Å². The fraction of sp³-hybridized carbons (Fsp3) is 0.0213. The summed E-state index contributed by atoms with van der Waals surface area (Å²) in [5.74, 6) is 0.966. The standard InChI is InChI=1S/C47H31N3O/c48-46(50-47(49-28-29-11-2-1-3-12-29)32-22-21-30-13-4-5-14-31(30)27-32)41-26-25-39(45-44(41)40-17-8-9-20-42(40)51-45)35-23-24-38-34-16-7-6-15-33(34)36-18-10-19-37(35)43(36)38/h1-27H,28H2,(H2,48,49,50). The van der Waals surface area contributed by atoms with E-state index in [4.69, 9.17) is 20.1 Å². The summed E-state index contributed by atoms with van der Waals surface area (Å²) >= 11 is 0. The van der Waals surface area contributed by atoms with Crippen LogP contribution in [0.5, 0.6) is 0 Å². The lowest BCUT2D eigenvalue weighted by atomic mass is 9.92. The second-order valence-corrected chi connectivity index (χ2v) is 13.1. The second-order valence-electron chi connectivity index (χ2n) is 13.1. The molecule has 4 heteroatoms. The minimum absolute atomic E-state index is 0.383. The van der Waals surface area contributed by atoms with Gasteiger partial charge in [-0.3, -0.25) is 4.99 Å². The molecule has 10 rings (SSSR count). The Labute approximate surface area is 294 Å². The second kappa shape index (κ2) is 11.7. The zero-order valence-electron chi connectivity index (χ0n) is 27.7. The van der Waals surface area contributed by atoms with Gasteiger partial charge in [0.25, 0.3) is 0 Å². The predicted octanol–water partition coefficient (Wildman–Crippen LogP) is 11.6. The molecule has 0 atom stereocenters. The van der Waals surface area contributed by atoms with Gasteiger partial charge in [-0.05, 0) is 79.2 Å². The van der Waals surface area contributed by atoms with E-state index in [0.29, 0.717) is 18.2 Å². The summed E-state index contributed by atoms with van der Waals surface area (Å²) in [7, 11) is 0. The van der Waals surface area contributed by atoms with Crippen molar-refractivity contribution in [3.8, 4) is 33.4 Å². The largest absolute Gasteiger partial charge is 0.455 e. The molecule has 1 heterocycles. The topological polar surface area (TPSA) is 63.9 Å². The number of benzene rings is 8. The number of rotatable bonds is 5. The molecular formula is C47H31N3O. The van der Waals surface area contributed by atoms with Crippen LogP contribution in [0.2, 0.25) is 0 Å². The van der Waals surface area contributed by atoms with Crippen LogP contribution in [0.25, 0.3) is 76.9 Å².